The molecule has 0 amide bonds. The van der Waals surface area contributed by atoms with Crippen LogP contribution in [0.2, 0.25) is 0 Å². The van der Waals surface area contributed by atoms with Gasteiger partial charge in [-0.2, -0.15) is 4.98 Å². The normalized spacial score (nSPS) is 11.7. The topological polar surface area (TPSA) is 53.1 Å². The zero-order chi connectivity index (χ0) is 19.1. The second kappa shape index (κ2) is 9.03. The van der Waals surface area contributed by atoms with Gasteiger partial charge >= 0.3 is 0 Å². The van der Waals surface area contributed by atoms with Crippen LogP contribution in [0.1, 0.15) is 32.4 Å². The highest BCUT2D eigenvalue weighted by Gasteiger charge is 2.07. The van der Waals surface area contributed by atoms with Gasteiger partial charge in [-0.25, -0.2) is 4.98 Å². The highest BCUT2D eigenvalue weighted by atomic mass is 15.1. The zero-order valence-electron chi connectivity index (χ0n) is 16.2. The van der Waals surface area contributed by atoms with E-state index in [0.29, 0.717) is 5.95 Å². The van der Waals surface area contributed by atoms with Gasteiger partial charge < -0.3 is 15.5 Å². The lowest BCUT2D eigenvalue weighted by Gasteiger charge is -2.21. The number of aromatic nitrogens is 2. The molecule has 5 nitrogen and oxygen atoms in total. The van der Waals surface area contributed by atoms with Crippen LogP contribution in [0.5, 0.6) is 0 Å². The number of nitrogens with one attached hydrogen (secondary N) is 2. The molecule has 1 heterocycles. The summed E-state index contributed by atoms with van der Waals surface area (Å²) < 4.78 is 0. The van der Waals surface area contributed by atoms with Crippen LogP contribution in [-0.2, 0) is 0 Å². The van der Waals surface area contributed by atoms with Gasteiger partial charge in [-0.1, -0.05) is 30.3 Å². The quantitative estimate of drug-likeness (QED) is 0.575. The number of benzene rings is 2. The average molecular weight is 361 g/mol. The minimum atomic E-state index is 0.169. The fourth-order valence-electron chi connectivity index (χ4n) is 3.02. The van der Waals surface area contributed by atoms with Gasteiger partial charge in [-0.05, 0) is 56.7 Å². The van der Waals surface area contributed by atoms with Gasteiger partial charge in [0.2, 0.25) is 5.95 Å². The highest BCUT2D eigenvalue weighted by molar-refractivity contribution is 5.60. The largest absolute Gasteiger partial charge is 0.372 e. The Hall–Kier alpha value is -3.08. The van der Waals surface area contributed by atoms with Gasteiger partial charge in [-0.15, -0.1) is 0 Å². The lowest BCUT2D eigenvalue weighted by molar-refractivity contribution is 0.866. The Morgan fingerprint density at radius 2 is 1.63 bits per heavy atom. The monoisotopic (exact) mass is 361 g/mol. The summed E-state index contributed by atoms with van der Waals surface area (Å²) in [5.74, 6) is 1.37. The molecule has 3 aromatic rings. The molecule has 0 saturated heterocycles. The molecule has 0 fully saturated rings. The van der Waals surface area contributed by atoms with Crippen LogP contribution in [0.3, 0.4) is 0 Å². The van der Waals surface area contributed by atoms with Crippen LogP contribution in [0.15, 0.2) is 66.9 Å². The third-order valence-electron chi connectivity index (χ3n) is 4.57. The van der Waals surface area contributed by atoms with E-state index in [0.717, 1.165) is 24.6 Å². The summed E-state index contributed by atoms with van der Waals surface area (Å²) in [5, 5.41) is 6.70. The van der Waals surface area contributed by atoms with E-state index in [9.17, 15) is 0 Å². The molecule has 1 unspecified atom stereocenters. The maximum Gasteiger partial charge on any atom is 0.229 e. The Kier molecular flexibility index (Phi) is 6.26. The minimum Gasteiger partial charge on any atom is -0.372 e. The van der Waals surface area contributed by atoms with E-state index in [2.05, 4.69) is 82.7 Å². The van der Waals surface area contributed by atoms with E-state index in [1.807, 2.05) is 24.3 Å². The third kappa shape index (κ3) is 4.97. The summed E-state index contributed by atoms with van der Waals surface area (Å²) in [6.07, 6.45) is 1.76. The van der Waals surface area contributed by atoms with Crippen LogP contribution < -0.4 is 15.5 Å². The summed E-state index contributed by atoms with van der Waals surface area (Å²) >= 11 is 0. The molecule has 0 bridgehead atoms. The molecule has 0 aliphatic heterocycles. The first-order valence-electron chi connectivity index (χ1n) is 9.46. The Balaban J connectivity index is 1.67. The molecule has 0 aliphatic carbocycles. The SMILES string of the molecule is CCN(CC)c1ccc(Nc2nccc(NC(C)c3ccccc3)n2)cc1. The van der Waals surface area contributed by atoms with Crippen LogP contribution in [-0.4, -0.2) is 23.1 Å². The molecule has 5 heteroatoms. The van der Waals surface area contributed by atoms with E-state index in [-0.39, 0.29) is 6.04 Å². The first-order valence-corrected chi connectivity index (χ1v) is 9.46. The first-order chi connectivity index (χ1) is 13.2. The van der Waals surface area contributed by atoms with Crippen LogP contribution in [0.4, 0.5) is 23.1 Å². The third-order valence-corrected chi connectivity index (χ3v) is 4.57. The van der Waals surface area contributed by atoms with E-state index in [4.69, 9.17) is 0 Å². The van der Waals surface area contributed by atoms with Gasteiger partial charge in [0, 0.05) is 36.7 Å². The molecule has 0 spiro atoms. The predicted octanol–water partition coefficient (Wildman–Crippen LogP) is 5.24. The van der Waals surface area contributed by atoms with Gasteiger partial charge in [0.25, 0.3) is 0 Å². The smallest absolute Gasteiger partial charge is 0.229 e. The molecule has 3 rings (SSSR count). The van der Waals surface area contributed by atoms with Gasteiger partial charge in [0.05, 0.1) is 0 Å². The van der Waals surface area contributed by atoms with Crippen molar-refractivity contribution in [2.45, 2.75) is 26.8 Å². The fourth-order valence-corrected chi connectivity index (χ4v) is 3.02. The number of hydrogen-bond acceptors (Lipinski definition) is 5. The van der Waals surface area contributed by atoms with Gasteiger partial charge in [-0.3, -0.25) is 0 Å². The molecular formula is C22H27N5. The van der Waals surface area contributed by atoms with Crippen molar-refractivity contribution in [2.24, 2.45) is 0 Å². The van der Waals surface area contributed by atoms with E-state index >= 15 is 0 Å². The van der Waals surface area contributed by atoms with Crippen LogP contribution in [0, 0.1) is 0 Å². The molecule has 0 aliphatic rings. The number of anilines is 4. The number of hydrogen-bond donors (Lipinski definition) is 2. The summed E-state index contributed by atoms with van der Waals surface area (Å²) in [7, 11) is 0. The summed E-state index contributed by atoms with van der Waals surface area (Å²) in [6, 6.07) is 20.7. The summed E-state index contributed by atoms with van der Waals surface area (Å²) in [4.78, 5) is 11.2. The molecule has 1 aromatic heterocycles. The lowest BCUT2D eigenvalue weighted by atomic mass is 10.1. The molecule has 2 N–H and O–H groups in total. The van der Waals surface area contributed by atoms with Crippen molar-refractivity contribution in [1.29, 1.82) is 0 Å². The van der Waals surface area contributed by atoms with Gasteiger partial charge in [0.1, 0.15) is 5.82 Å². The molecule has 0 saturated carbocycles. The van der Waals surface area contributed by atoms with Crippen LogP contribution >= 0.6 is 0 Å². The Morgan fingerprint density at radius 1 is 0.926 bits per heavy atom. The average Bonchev–Trinajstić information content (AvgIpc) is 2.71. The van der Waals surface area contributed by atoms with Crippen LogP contribution in [0.25, 0.3) is 0 Å². The van der Waals surface area contributed by atoms with Crippen molar-refractivity contribution in [2.75, 3.05) is 28.6 Å². The van der Waals surface area contributed by atoms with Crippen molar-refractivity contribution in [3.8, 4) is 0 Å². The standard InChI is InChI=1S/C22H27N5/c1-4-27(5-2)20-13-11-19(12-14-20)25-22-23-16-15-21(26-22)24-17(3)18-9-7-6-8-10-18/h6-17H,4-5H2,1-3H3,(H2,23,24,25,26). The van der Waals surface area contributed by atoms with E-state index < -0.39 is 0 Å². The zero-order valence-corrected chi connectivity index (χ0v) is 16.2. The Labute approximate surface area is 161 Å². The molecule has 27 heavy (non-hydrogen) atoms. The lowest BCUT2D eigenvalue weighted by Crippen LogP contribution is -2.21. The first kappa shape index (κ1) is 18.7. The minimum absolute atomic E-state index is 0.169. The Bertz CT molecular complexity index is 829. The van der Waals surface area contributed by atoms with Gasteiger partial charge in [0.15, 0.2) is 0 Å². The van der Waals surface area contributed by atoms with Crippen molar-refractivity contribution < 1.29 is 0 Å². The fraction of sp³-hybridized carbons (Fsp3) is 0.273. The highest BCUT2D eigenvalue weighted by Crippen LogP contribution is 2.21. The maximum absolute atomic E-state index is 4.58. The maximum atomic E-state index is 4.58. The van der Waals surface area contributed by atoms with Crippen molar-refractivity contribution in [3.63, 3.8) is 0 Å². The molecule has 140 valence electrons. The number of nitrogens with zero attached hydrogens (tertiary/aromatic N) is 3. The van der Waals surface area contributed by atoms with E-state index in [1.165, 1.54) is 11.3 Å². The van der Waals surface area contributed by atoms with E-state index in [1.54, 1.807) is 6.20 Å². The second-order valence-electron chi connectivity index (χ2n) is 6.39. The van der Waals surface area contributed by atoms with Crippen molar-refractivity contribution in [1.82, 2.24) is 9.97 Å². The summed E-state index contributed by atoms with van der Waals surface area (Å²) in [5.41, 5.74) is 3.41. The number of rotatable bonds is 8. The molecular weight excluding hydrogens is 334 g/mol. The molecule has 1 atom stereocenters. The summed E-state index contributed by atoms with van der Waals surface area (Å²) in [6.45, 7) is 8.45. The van der Waals surface area contributed by atoms with Crippen molar-refractivity contribution >= 4 is 23.1 Å². The predicted molar refractivity (Wildman–Crippen MR) is 114 cm³/mol. The second-order valence-corrected chi connectivity index (χ2v) is 6.39. The molecule has 0 radical (unpaired) electrons. The molecule has 2 aromatic carbocycles. The Morgan fingerprint density at radius 3 is 2.30 bits per heavy atom. The van der Waals surface area contributed by atoms with Crippen molar-refractivity contribution in [3.05, 3.63) is 72.4 Å².